The maximum absolute atomic E-state index is 10.4. The Bertz CT molecular complexity index is 307. The van der Waals surface area contributed by atoms with Crippen molar-refractivity contribution in [2.24, 2.45) is 0 Å². The van der Waals surface area contributed by atoms with Gasteiger partial charge in [0, 0.05) is 33.7 Å². The SMILES string of the molecule is CCCCCCCCCCCCCCCCCCCCCCCCCC(=O)O.[Pb]. The van der Waals surface area contributed by atoms with E-state index in [0.29, 0.717) is 6.42 Å². The van der Waals surface area contributed by atoms with E-state index in [9.17, 15) is 4.79 Å². The van der Waals surface area contributed by atoms with Crippen LogP contribution in [-0.2, 0) is 4.79 Å². The Morgan fingerprint density at radius 2 is 0.655 bits per heavy atom. The molecule has 0 aromatic rings. The van der Waals surface area contributed by atoms with E-state index in [4.69, 9.17) is 5.11 Å². The van der Waals surface area contributed by atoms with Crippen LogP contribution in [0.25, 0.3) is 0 Å². The van der Waals surface area contributed by atoms with Gasteiger partial charge in [0.25, 0.3) is 0 Å². The summed E-state index contributed by atoms with van der Waals surface area (Å²) in [6, 6.07) is 0. The smallest absolute Gasteiger partial charge is 0.303 e. The molecule has 0 aromatic carbocycles. The fourth-order valence-electron chi connectivity index (χ4n) is 4.06. The summed E-state index contributed by atoms with van der Waals surface area (Å²) in [5.74, 6) is -0.650. The number of unbranched alkanes of at least 4 members (excludes halogenated alkanes) is 22. The van der Waals surface area contributed by atoms with E-state index in [2.05, 4.69) is 6.92 Å². The molecule has 0 saturated heterocycles. The topological polar surface area (TPSA) is 37.3 Å². The molecule has 1 N–H and O–H groups in total. The maximum atomic E-state index is 10.4. The molecular formula is C26H52O2Pb. The van der Waals surface area contributed by atoms with Crippen molar-refractivity contribution < 1.29 is 9.90 Å². The van der Waals surface area contributed by atoms with Gasteiger partial charge in [-0.25, -0.2) is 0 Å². The van der Waals surface area contributed by atoms with Crippen molar-refractivity contribution in [3.05, 3.63) is 0 Å². The number of carboxylic acid groups (broad SMARTS) is 1. The summed E-state index contributed by atoms with van der Waals surface area (Å²) >= 11 is 0. The zero-order valence-corrected chi connectivity index (χ0v) is 23.7. The second-order valence-corrected chi connectivity index (χ2v) is 8.92. The van der Waals surface area contributed by atoms with Crippen molar-refractivity contribution in [3.8, 4) is 0 Å². The minimum atomic E-state index is -0.650. The van der Waals surface area contributed by atoms with Gasteiger partial charge in [0.2, 0.25) is 0 Å². The van der Waals surface area contributed by atoms with E-state index >= 15 is 0 Å². The third-order valence-corrected chi connectivity index (χ3v) is 5.99. The standard InChI is InChI=1S/C26H52O2.Pb/c1-2-3-4-5-6-7-8-9-10-11-12-13-14-15-16-17-18-19-20-21-22-23-24-25-26(27)28;/h2-25H2,1H3,(H,27,28);. The predicted molar refractivity (Wildman–Crippen MR) is 130 cm³/mol. The Kier molecular flexibility index (Phi) is 30.9. The Labute approximate surface area is 203 Å². The van der Waals surface area contributed by atoms with E-state index in [1.165, 1.54) is 135 Å². The molecule has 3 heteroatoms. The van der Waals surface area contributed by atoms with Gasteiger partial charge in [-0.15, -0.1) is 0 Å². The van der Waals surface area contributed by atoms with Gasteiger partial charge in [0.15, 0.2) is 0 Å². The molecule has 0 amide bonds. The van der Waals surface area contributed by atoms with Gasteiger partial charge in [-0.05, 0) is 6.42 Å². The van der Waals surface area contributed by atoms with E-state index in [-0.39, 0.29) is 27.3 Å². The van der Waals surface area contributed by atoms with Gasteiger partial charge in [-0.2, -0.15) is 0 Å². The van der Waals surface area contributed by atoms with Crippen molar-refractivity contribution in [1.29, 1.82) is 0 Å². The number of carbonyl (C=O) groups is 1. The van der Waals surface area contributed by atoms with Crippen LogP contribution in [0.3, 0.4) is 0 Å². The van der Waals surface area contributed by atoms with Crippen LogP contribution in [0.1, 0.15) is 161 Å². The van der Waals surface area contributed by atoms with Crippen molar-refractivity contribution in [1.82, 2.24) is 0 Å². The van der Waals surface area contributed by atoms with Crippen LogP contribution >= 0.6 is 0 Å². The quantitative estimate of drug-likeness (QED) is 0.0883. The number of hydrogen-bond donors (Lipinski definition) is 1. The van der Waals surface area contributed by atoms with E-state index in [0.717, 1.165) is 12.8 Å². The summed E-state index contributed by atoms with van der Waals surface area (Å²) < 4.78 is 0. The first-order valence-electron chi connectivity index (χ1n) is 13.0. The summed E-state index contributed by atoms with van der Waals surface area (Å²) in [6.45, 7) is 2.29. The number of rotatable bonds is 24. The molecule has 0 aromatic heterocycles. The summed E-state index contributed by atoms with van der Waals surface area (Å²) in [7, 11) is 0. The summed E-state index contributed by atoms with van der Waals surface area (Å²) in [5, 5.41) is 8.59. The van der Waals surface area contributed by atoms with E-state index in [1.54, 1.807) is 0 Å². The normalized spacial score (nSPS) is 10.8. The maximum Gasteiger partial charge on any atom is 0.303 e. The molecule has 0 heterocycles. The minimum Gasteiger partial charge on any atom is -0.481 e. The van der Waals surface area contributed by atoms with E-state index in [1.807, 2.05) is 0 Å². The molecule has 0 atom stereocenters. The molecule has 172 valence electrons. The van der Waals surface area contributed by atoms with Gasteiger partial charge >= 0.3 is 5.97 Å². The van der Waals surface area contributed by atoms with Gasteiger partial charge in [-0.3, -0.25) is 4.79 Å². The Morgan fingerprint density at radius 3 is 0.862 bits per heavy atom. The van der Waals surface area contributed by atoms with Crippen molar-refractivity contribution >= 4 is 33.3 Å². The summed E-state index contributed by atoms with van der Waals surface area (Å²) in [6.07, 6.45) is 32.0. The molecule has 4 radical (unpaired) electrons. The first-order valence-corrected chi connectivity index (χ1v) is 13.0. The number of carboxylic acids is 1. The molecule has 0 aliphatic carbocycles. The molecule has 0 rings (SSSR count). The largest absolute Gasteiger partial charge is 0.481 e. The number of hydrogen-bond acceptors (Lipinski definition) is 1. The number of aliphatic carboxylic acids is 1. The fraction of sp³-hybridized carbons (Fsp3) is 0.962. The van der Waals surface area contributed by atoms with Crippen LogP contribution in [0.2, 0.25) is 0 Å². The van der Waals surface area contributed by atoms with Crippen LogP contribution < -0.4 is 0 Å². The molecule has 0 aliphatic rings. The Morgan fingerprint density at radius 1 is 0.448 bits per heavy atom. The Hall–Kier alpha value is 0.392. The molecule has 0 aliphatic heterocycles. The first kappa shape index (κ1) is 31.6. The van der Waals surface area contributed by atoms with Crippen LogP contribution in [-0.4, -0.2) is 38.4 Å². The van der Waals surface area contributed by atoms with Crippen molar-refractivity contribution in [3.63, 3.8) is 0 Å². The van der Waals surface area contributed by atoms with Crippen LogP contribution in [0.5, 0.6) is 0 Å². The second-order valence-electron chi connectivity index (χ2n) is 8.92. The van der Waals surface area contributed by atoms with Crippen molar-refractivity contribution in [2.75, 3.05) is 0 Å². The van der Waals surface area contributed by atoms with Crippen molar-refractivity contribution in [2.45, 2.75) is 161 Å². The molecule has 29 heavy (non-hydrogen) atoms. The molecule has 2 nitrogen and oxygen atoms in total. The second kappa shape index (κ2) is 28.4. The molecule has 0 fully saturated rings. The van der Waals surface area contributed by atoms with Crippen LogP contribution in [0.4, 0.5) is 0 Å². The molecule has 0 spiro atoms. The van der Waals surface area contributed by atoms with Crippen LogP contribution in [0, 0.1) is 0 Å². The predicted octanol–water partition coefficient (Wildman–Crippen LogP) is 9.07. The average molecular weight is 604 g/mol. The fourth-order valence-corrected chi connectivity index (χ4v) is 4.06. The third-order valence-electron chi connectivity index (χ3n) is 5.99. The average Bonchev–Trinajstić information content (AvgIpc) is 2.68. The molecular weight excluding hydrogens is 551 g/mol. The zero-order valence-electron chi connectivity index (χ0n) is 19.8. The van der Waals surface area contributed by atoms with Gasteiger partial charge < -0.3 is 5.11 Å². The first-order chi connectivity index (χ1) is 13.8. The Balaban J connectivity index is 0. The van der Waals surface area contributed by atoms with Gasteiger partial charge in [-0.1, -0.05) is 148 Å². The minimum absolute atomic E-state index is 0. The van der Waals surface area contributed by atoms with Crippen LogP contribution in [0.15, 0.2) is 0 Å². The zero-order chi connectivity index (χ0) is 20.5. The van der Waals surface area contributed by atoms with E-state index < -0.39 is 5.97 Å². The molecule has 0 unspecified atom stereocenters. The summed E-state index contributed by atoms with van der Waals surface area (Å²) in [5.41, 5.74) is 0. The van der Waals surface area contributed by atoms with Gasteiger partial charge in [0.05, 0.1) is 0 Å². The third kappa shape index (κ3) is 30.7. The monoisotopic (exact) mass is 604 g/mol. The molecule has 0 bridgehead atoms. The summed E-state index contributed by atoms with van der Waals surface area (Å²) in [4.78, 5) is 10.4. The molecule has 0 saturated carbocycles. The van der Waals surface area contributed by atoms with Gasteiger partial charge in [0.1, 0.15) is 0 Å².